The van der Waals surface area contributed by atoms with Crippen LogP contribution in [0.15, 0.2) is 144 Å². The Kier molecular flexibility index (Phi) is 10.4. The van der Waals surface area contributed by atoms with E-state index in [1.165, 1.54) is 18.2 Å². The molecule has 17 nitrogen and oxygen atoms in total. The van der Waals surface area contributed by atoms with E-state index in [4.69, 9.17) is 5.73 Å². The number of benzene rings is 6. The third kappa shape index (κ3) is 8.92. The number of para-hydroxylation sites is 1. The molecule has 0 amide bonds. The lowest BCUT2D eigenvalue weighted by atomic mass is 10.0. The SMILES string of the molecule is Nc1cc(S(=O)(=O)O)cc2cc(S(=O)(=O)O)c(N=Nc3ccc(Cc4ccc(N=Nc5ccc(Nc6ccccc6)cc5O)cc4)c(S(=O)(=O)O)c3)c(O)c12. The Hall–Kier alpha value is -6.29. The summed E-state index contributed by atoms with van der Waals surface area (Å²) in [4.78, 5) is -2.30. The Morgan fingerprint density at radius 2 is 1.25 bits per heavy atom. The van der Waals surface area contributed by atoms with Crippen LogP contribution in [0.4, 0.5) is 39.8 Å². The molecule has 8 N–H and O–H groups in total. The lowest BCUT2D eigenvalue weighted by Gasteiger charge is -2.12. The van der Waals surface area contributed by atoms with E-state index in [1.807, 2.05) is 30.3 Å². The fourth-order valence-corrected chi connectivity index (χ4v) is 7.37. The number of fused-ring (bicyclic) bond motifs is 1. The molecule has 0 aromatic heterocycles. The van der Waals surface area contributed by atoms with Crippen LogP contribution in [0, 0.1) is 0 Å². The molecule has 0 radical (unpaired) electrons. The van der Waals surface area contributed by atoms with Crippen LogP contribution in [0.25, 0.3) is 10.8 Å². The maximum Gasteiger partial charge on any atom is 0.296 e. The average Bonchev–Trinajstić information content (AvgIpc) is 3.11. The lowest BCUT2D eigenvalue weighted by Crippen LogP contribution is -2.03. The second-order valence-corrected chi connectivity index (χ2v) is 16.0. The van der Waals surface area contributed by atoms with E-state index < -0.39 is 62.2 Å². The quantitative estimate of drug-likeness (QED) is 0.0375. The van der Waals surface area contributed by atoms with Gasteiger partial charge in [0.2, 0.25) is 0 Å². The molecule has 0 fully saturated rings. The molecule has 0 saturated heterocycles. The first-order valence-electron chi connectivity index (χ1n) is 15.6. The molecule has 0 bridgehead atoms. The van der Waals surface area contributed by atoms with Crippen molar-refractivity contribution in [3.05, 3.63) is 120 Å². The number of hydrogen-bond donors (Lipinski definition) is 7. The van der Waals surface area contributed by atoms with E-state index in [-0.39, 0.29) is 39.9 Å². The first-order valence-corrected chi connectivity index (χ1v) is 19.9. The van der Waals surface area contributed by atoms with E-state index >= 15 is 0 Å². The van der Waals surface area contributed by atoms with Crippen molar-refractivity contribution in [2.24, 2.45) is 20.5 Å². The predicted octanol–water partition coefficient (Wildman–Crippen LogP) is 7.74. The van der Waals surface area contributed by atoms with Gasteiger partial charge in [-0.3, -0.25) is 13.7 Å². The van der Waals surface area contributed by atoms with Crippen LogP contribution in [0.3, 0.4) is 0 Å². The number of nitrogen functional groups attached to an aromatic ring is 1. The number of nitrogens with one attached hydrogen (secondary N) is 1. The fraction of sp³-hybridized carbons (Fsp3) is 0.0286. The third-order valence-corrected chi connectivity index (χ3v) is 10.6. The molecule has 0 aliphatic carbocycles. The monoisotopic (exact) mass is 804 g/mol. The molecule has 6 rings (SSSR count). The van der Waals surface area contributed by atoms with Gasteiger partial charge in [0, 0.05) is 28.5 Å². The second kappa shape index (κ2) is 14.9. The van der Waals surface area contributed by atoms with Gasteiger partial charge in [-0.1, -0.05) is 36.4 Å². The standard InChI is InChI=1S/C35H28N6O11S3/c36-28-19-27(53(44,45)46)15-22-16-32(55(50,51)52)34(35(43)33(22)28)41-39-26-11-8-21(31(18-26)54(47,48)49)14-20-6-9-24(10-7-20)38-40-29-13-12-25(17-30(29)42)37-23-4-2-1-3-5-23/h1-13,15-19,37,42-43H,14,36H2,(H,44,45,46)(H,47,48,49)(H,50,51,52). The van der Waals surface area contributed by atoms with Gasteiger partial charge in [-0.25, -0.2) is 0 Å². The largest absolute Gasteiger partial charge is 0.506 e. The molecule has 0 aliphatic heterocycles. The Morgan fingerprint density at radius 3 is 1.89 bits per heavy atom. The van der Waals surface area contributed by atoms with Crippen LogP contribution in [-0.4, -0.2) is 49.1 Å². The molecule has 0 heterocycles. The number of anilines is 3. The number of nitrogens with zero attached hydrogens (tertiary/aromatic N) is 4. The highest BCUT2D eigenvalue weighted by atomic mass is 32.2. The van der Waals surface area contributed by atoms with Gasteiger partial charge in [0.1, 0.15) is 22.0 Å². The molecule has 0 atom stereocenters. The van der Waals surface area contributed by atoms with E-state index in [2.05, 4.69) is 25.8 Å². The van der Waals surface area contributed by atoms with Gasteiger partial charge in [0.15, 0.2) is 5.75 Å². The maximum atomic E-state index is 12.4. The Bertz CT molecular complexity index is 2870. The van der Waals surface area contributed by atoms with Crippen LogP contribution in [-0.2, 0) is 36.8 Å². The van der Waals surface area contributed by atoms with Gasteiger partial charge in [0.25, 0.3) is 30.4 Å². The molecule has 20 heteroatoms. The van der Waals surface area contributed by atoms with Crippen molar-refractivity contribution >= 4 is 80.9 Å². The summed E-state index contributed by atoms with van der Waals surface area (Å²) in [6.45, 7) is 0. The van der Waals surface area contributed by atoms with E-state index in [0.717, 1.165) is 30.0 Å². The number of phenolic OH excluding ortho intramolecular Hbond substituents is 2. The van der Waals surface area contributed by atoms with Crippen molar-refractivity contribution in [3.63, 3.8) is 0 Å². The minimum absolute atomic E-state index is 0.00380. The number of phenols is 2. The van der Waals surface area contributed by atoms with Crippen LogP contribution in [0.5, 0.6) is 11.5 Å². The summed E-state index contributed by atoms with van der Waals surface area (Å²) in [7, 11) is -14.8. The minimum Gasteiger partial charge on any atom is -0.506 e. The molecule has 6 aromatic carbocycles. The molecule has 282 valence electrons. The second-order valence-electron chi connectivity index (χ2n) is 11.8. The number of nitrogens with two attached hydrogens (primary N) is 1. The van der Waals surface area contributed by atoms with Crippen molar-refractivity contribution < 1.29 is 49.1 Å². The van der Waals surface area contributed by atoms with E-state index in [1.54, 1.807) is 36.4 Å². The van der Waals surface area contributed by atoms with Crippen LogP contribution >= 0.6 is 0 Å². The summed E-state index contributed by atoms with van der Waals surface area (Å²) < 4.78 is 102. The van der Waals surface area contributed by atoms with Crippen LogP contribution < -0.4 is 11.1 Å². The van der Waals surface area contributed by atoms with Crippen molar-refractivity contribution in [2.45, 2.75) is 21.1 Å². The number of hydrogen-bond acceptors (Lipinski definition) is 14. The van der Waals surface area contributed by atoms with Gasteiger partial charge in [-0.2, -0.15) is 35.5 Å². The normalized spacial score (nSPS) is 12.5. The fourth-order valence-electron chi connectivity index (χ4n) is 5.42. The Balaban J connectivity index is 1.24. The molecule has 0 aliphatic rings. The first-order chi connectivity index (χ1) is 25.9. The lowest BCUT2D eigenvalue weighted by molar-refractivity contribution is 0.472. The highest BCUT2D eigenvalue weighted by molar-refractivity contribution is 7.86. The van der Waals surface area contributed by atoms with Gasteiger partial charge < -0.3 is 21.3 Å². The highest BCUT2D eigenvalue weighted by Crippen LogP contribution is 2.44. The molecular weight excluding hydrogens is 777 g/mol. The molecule has 55 heavy (non-hydrogen) atoms. The Labute approximate surface area is 313 Å². The van der Waals surface area contributed by atoms with Crippen LogP contribution in [0.1, 0.15) is 11.1 Å². The molecular formula is C35H28N6O11S3. The van der Waals surface area contributed by atoms with Gasteiger partial charge >= 0.3 is 0 Å². The van der Waals surface area contributed by atoms with Crippen LogP contribution in [0.2, 0.25) is 0 Å². The Morgan fingerprint density at radius 1 is 0.600 bits per heavy atom. The molecule has 6 aromatic rings. The first kappa shape index (κ1) is 38.4. The van der Waals surface area contributed by atoms with Crippen molar-refractivity contribution in [3.8, 4) is 11.5 Å². The summed E-state index contributed by atoms with van der Waals surface area (Å²) >= 11 is 0. The summed E-state index contributed by atoms with van der Waals surface area (Å²) in [6.07, 6.45) is 0.00380. The number of azo groups is 2. The number of aromatic hydroxyl groups is 2. The third-order valence-electron chi connectivity index (χ3n) is 7.97. The summed E-state index contributed by atoms with van der Waals surface area (Å²) in [5.41, 5.74) is 7.29. The maximum absolute atomic E-state index is 12.4. The van der Waals surface area contributed by atoms with Crippen molar-refractivity contribution in [2.75, 3.05) is 11.1 Å². The zero-order chi connectivity index (χ0) is 39.7. The van der Waals surface area contributed by atoms with Gasteiger partial charge in [0.05, 0.1) is 21.2 Å². The van der Waals surface area contributed by atoms with Gasteiger partial charge in [-0.15, -0.1) is 10.2 Å². The smallest absolute Gasteiger partial charge is 0.296 e. The van der Waals surface area contributed by atoms with Crippen molar-refractivity contribution in [1.29, 1.82) is 0 Å². The molecule has 0 unspecified atom stereocenters. The summed E-state index contributed by atoms with van der Waals surface area (Å²) in [5, 5.41) is 39.7. The van der Waals surface area contributed by atoms with Crippen molar-refractivity contribution in [1.82, 2.24) is 0 Å². The summed E-state index contributed by atoms with van der Waals surface area (Å²) in [5.74, 6) is -1.04. The zero-order valence-corrected chi connectivity index (χ0v) is 30.3. The minimum atomic E-state index is -5.15. The number of rotatable bonds is 11. The molecule has 0 spiro atoms. The van der Waals surface area contributed by atoms with E-state index in [0.29, 0.717) is 16.9 Å². The highest BCUT2D eigenvalue weighted by Gasteiger charge is 2.25. The van der Waals surface area contributed by atoms with E-state index in [9.17, 15) is 49.1 Å². The summed E-state index contributed by atoms with van der Waals surface area (Å²) in [6, 6.07) is 26.6. The zero-order valence-electron chi connectivity index (χ0n) is 27.9. The average molecular weight is 805 g/mol. The topological polar surface area (TPSA) is 291 Å². The molecule has 0 saturated carbocycles. The van der Waals surface area contributed by atoms with Gasteiger partial charge in [-0.05, 0) is 89.7 Å². The predicted molar refractivity (Wildman–Crippen MR) is 201 cm³/mol.